The van der Waals surface area contributed by atoms with Crippen molar-refractivity contribution in [1.82, 2.24) is 0 Å². The molecular formula is HoMn3O12. The quantitative estimate of drug-likeness (QED) is 0.274. The Morgan fingerprint density at radius 3 is 0.438 bits per heavy atom. The zero-order valence-corrected chi connectivity index (χ0v) is 11.8. The topological polar surface area (TPSA) is 223 Å². The third-order valence-corrected chi connectivity index (χ3v) is 0. The first-order valence-electron chi connectivity index (χ1n) is 1.85. The summed E-state index contributed by atoms with van der Waals surface area (Å²) in [6.45, 7) is 0. The molecule has 0 aliphatic rings. The van der Waals surface area contributed by atoms with Crippen molar-refractivity contribution in [3.63, 3.8) is 0 Å². The van der Waals surface area contributed by atoms with E-state index in [1.54, 1.807) is 0 Å². The van der Waals surface area contributed by atoms with E-state index in [4.69, 9.17) is 47.1 Å². The Hall–Kier alpha value is 0.898. The summed E-state index contributed by atoms with van der Waals surface area (Å²) < 4.78 is 103. The summed E-state index contributed by atoms with van der Waals surface area (Å²) in [7, 11) is 0. The monoisotopic (exact) mass is 522 g/mol. The molecule has 0 unspecified atom stereocenters. The van der Waals surface area contributed by atoms with Crippen LogP contribution >= 0.6 is 0 Å². The Morgan fingerprint density at radius 2 is 0.438 bits per heavy atom. The summed E-state index contributed by atoms with van der Waals surface area (Å²) >= 11 is -16.9. The van der Waals surface area contributed by atoms with E-state index in [-0.39, 0.29) is 37.7 Å². The second-order valence-electron chi connectivity index (χ2n) is 1.13. The first-order chi connectivity index (χ1) is 6.00. The van der Waals surface area contributed by atoms with Crippen LogP contribution in [0.25, 0.3) is 0 Å². The van der Waals surface area contributed by atoms with Gasteiger partial charge in [0.05, 0.1) is 0 Å². The SMILES string of the molecule is [Ho+3].[O]=[Mn](=[O])(=[O])[O-].[O]=[Mn](=[O])(=[O])[O-].[O]=[Mn](=[O])(=[O])[O-]. The van der Waals surface area contributed by atoms with E-state index in [9.17, 15) is 0 Å². The van der Waals surface area contributed by atoms with Gasteiger partial charge >= 0.3 is 124 Å². The Morgan fingerprint density at radius 1 is 0.438 bits per heavy atom. The van der Waals surface area contributed by atoms with E-state index in [0.29, 0.717) is 0 Å². The van der Waals surface area contributed by atoms with Crippen LogP contribution in [0, 0.1) is 37.7 Å². The van der Waals surface area contributed by atoms with Gasteiger partial charge in [-0.05, 0) is 0 Å². The second-order valence-corrected chi connectivity index (χ2v) is 4.68. The van der Waals surface area contributed by atoms with Crippen molar-refractivity contribution in [2.24, 2.45) is 0 Å². The molecule has 0 rings (SSSR count). The Bertz CT molecular complexity index is 480. The predicted octanol–water partition coefficient (Wildman–Crippen LogP) is -4.64. The first-order valence-corrected chi connectivity index (χ1v) is 7.63. The normalized spacial score (nSPS) is 10.7. The molecule has 0 aliphatic carbocycles. The molecule has 0 atom stereocenters. The van der Waals surface area contributed by atoms with Gasteiger partial charge in [0.15, 0.2) is 0 Å². The van der Waals surface area contributed by atoms with Crippen LogP contribution in [0.5, 0.6) is 0 Å². The molecular weight excluding hydrogens is 522 g/mol. The molecule has 16 heteroatoms. The molecule has 0 heterocycles. The number of rotatable bonds is 0. The molecule has 0 aliphatic heterocycles. The molecule has 104 valence electrons. The molecule has 0 aromatic rings. The van der Waals surface area contributed by atoms with Crippen LogP contribution in [0.4, 0.5) is 0 Å². The summed E-state index contributed by atoms with van der Waals surface area (Å²) in [4.78, 5) is 0. The molecule has 0 N–H and O–H groups in total. The summed E-state index contributed by atoms with van der Waals surface area (Å²) in [6, 6.07) is 0. The summed E-state index contributed by atoms with van der Waals surface area (Å²) in [5, 5.41) is 0. The van der Waals surface area contributed by atoms with Gasteiger partial charge in [0.1, 0.15) is 0 Å². The molecule has 0 saturated heterocycles. The van der Waals surface area contributed by atoms with Crippen LogP contribution in [-0.4, -0.2) is 0 Å². The van der Waals surface area contributed by atoms with E-state index >= 15 is 0 Å². The van der Waals surface area contributed by atoms with Crippen LogP contribution in [0.1, 0.15) is 0 Å². The molecule has 0 amide bonds. The number of hydrogen-bond acceptors (Lipinski definition) is 12. The Balaban J connectivity index is -0.0000000655. The molecule has 0 saturated carbocycles. The fourth-order valence-corrected chi connectivity index (χ4v) is 0. The first kappa shape index (κ1) is 25.7. The minimum absolute atomic E-state index is 0. The van der Waals surface area contributed by atoms with Crippen molar-refractivity contribution in [2.45, 2.75) is 0 Å². The Kier molecular flexibility index (Phi) is 15.9. The van der Waals surface area contributed by atoms with Gasteiger partial charge in [-0.15, -0.1) is 0 Å². The summed E-state index contributed by atoms with van der Waals surface area (Å²) in [6.07, 6.45) is 0. The Labute approximate surface area is 122 Å². The fourth-order valence-electron chi connectivity index (χ4n) is 0. The van der Waals surface area contributed by atoms with E-state index < -0.39 is 38.9 Å². The summed E-state index contributed by atoms with van der Waals surface area (Å²) in [5.41, 5.74) is 0. The van der Waals surface area contributed by atoms with Crippen LogP contribution in [0.15, 0.2) is 0 Å². The zero-order valence-electron chi connectivity index (χ0n) is 6.33. The van der Waals surface area contributed by atoms with E-state index in [0.717, 1.165) is 0 Å². The van der Waals surface area contributed by atoms with Gasteiger partial charge < -0.3 is 0 Å². The second kappa shape index (κ2) is 9.88. The van der Waals surface area contributed by atoms with E-state index in [1.165, 1.54) is 0 Å². The van der Waals surface area contributed by atoms with Crippen molar-refractivity contribution in [3.05, 3.63) is 0 Å². The van der Waals surface area contributed by atoms with Crippen molar-refractivity contribution < 1.29 is 124 Å². The number of hydrogen-bond donors (Lipinski definition) is 0. The van der Waals surface area contributed by atoms with Crippen molar-refractivity contribution >= 4 is 0 Å². The maximum absolute atomic E-state index is 8.58. The molecule has 16 heavy (non-hydrogen) atoms. The zero-order chi connectivity index (χ0) is 13.5. The van der Waals surface area contributed by atoms with Gasteiger partial charge in [-0.25, -0.2) is 0 Å². The third-order valence-electron chi connectivity index (χ3n) is 0. The van der Waals surface area contributed by atoms with Crippen LogP contribution < -0.4 is 12.6 Å². The van der Waals surface area contributed by atoms with Crippen LogP contribution in [0.3, 0.4) is 0 Å². The standard InChI is InChI=1S/Ho.3Mn.12O/q+3;;;;;;;;;;;;;3*-1. The van der Waals surface area contributed by atoms with Gasteiger partial charge in [-0.2, -0.15) is 0 Å². The van der Waals surface area contributed by atoms with Crippen molar-refractivity contribution in [3.8, 4) is 0 Å². The van der Waals surface area contributed by atoms with Gasteiger partial charge in [-0.3, -0.25) is 0 Å². The van der Waals surface area contributed by atoms with Crippen molar-refractivity contribution in [2.75, 3.05) is 0 Å². The minimum atomic E-state index is -5.62. The van der Waals surface area contributed by atoms with Gasteiger partial charge in [0.25, 0.3) is 0 Å². The average Bonchev–Trinajstić information content (AvgIpc) is 1.41. The predicted molar refractivity (Wildman–Crippen MR) is 6.18 cm³/mol. The molecule has 0 fully saturated rings. The third kappa shape index (κ3) is 3570. The van der Waals surface area contributed by atoms with Gasteiger partial charge in [0.2, 0.25) is 0 Å². The molecule has 0 aromatic carbocycles. The summed E-state index contributed by atoms with van der Waals surface area (Å²) in [5.74, 6) is 0. The molecule has 0 bridgehead atoms. The van der Waals surface area contributed by atoms with E-state index in [1.807, 2.05) is 0 Å². The molecule has 0 spiro atoms. The fraction of sp³-hybridized carbons (Fsp3) is 0. The molecule has 12 nitrogen and oxygen atoms in total. The maximum atomic E-state index is 8.58. The van der Waals surface area contributed by atoms with E-state index in [2.05, 4.69) is 0 Å². The molecule has 0 radical (unpaired) electrons. The van der Waals surface area contributed by atoms with Crippen molar-refractivity contribution in [1.29, 1.82) is 0 Å². The van der Waals surface area contributed by atoms with Gasteiger partial charge in [0, 0.05) is 0 Å². The van der Waals surface area contributed by atoms with Crippen LogP contribution in [0.2, 0.25) is 0 Å². The average molecular weight is 522 g/mol. The van der Waals surface area contributed by atoms with Crippen LogP contribution in [-0.2, 0) is 73.4 Å². The molecule has 0 aromatic heterocycles. The van der Waals surface area contributed by atoms with Gasteiger partial charge in [-0.1, -0.05) is 0 Å².